The molecule has 1 saturated heterocycles. The molecule has 0 aromatic heterocycles. The molecule has 1 amide bonds. The second kappa shape index (κ2) is 16.4. The molecule has 0 aromatic carbocycles. The highest BCUT2D eigenvalue weighted by Gasteiger charge is 2.20. The van der Waals surface area contributed by atoms with E-state index in [2.05, 4.69) is 12.2 Å². The number of unbranched alkanes of at least 4 members (excludes halogenated alkanes) is 2. The van der Waals surface area contributed by atoms with Gasteiger partial charge in [0, 0.05) is 58.9 Å². The van der Waals surface area contributed by atoms with E-state index in [1.165, 1.54) is 0 Å². The van der Waals surface area contributed by atoms with Gasteiger partial charge < -0.3 is 20.6 Å². The van der Waals surface area contributed by atoms with E-state index < -0.39 is 17.9 Å². The topological polar surface area (TPSA) is 154 Å². The monoisotopic (exact) mass is 473 g/mol. The third-order valence-corrected chi connectivity index (χ3v) is 5.48. The molecule has 33 heavy (non-hydrogen) atoms. The van der Waals surface area contributed by atoms with Gasteiger partial charge in [0.1, 0.15) is 0 Å². The molecule has 0 saturated carbocycles. The molecule has 4 N–H and O–H groups in total. The molecule has 0 spiro atoms. The second-order valence-corrected chi connectivity index (χ2v) is 8.34. The third-order valence-electron chi connectivity index (χ3n) is 5.48. The number of carbonyl (C=O) groups is 4. The van der Waals surface area contributed by atoms with E-state index in [1.54, 1.807) is 14.7 Å². The zero-order chi connectivity index (χ0) is 24.6. The molecule has 1 rings (SSSR count). The van der Waals surface area contributed by atoms with Crippen LogP contribution in [0.25, 0.3) is 0 Å². The number of nitrogens with one attached hydrogen (secondary N) is 1. The van der Waals surface area contributed by atoms with Crippen LogP contribution >= 0.6 is 0 Å². The molecule has 1 fully saturated rings. The quantitative estimate of drug-likeness (QED) is 0.252. The molecule has 0 atom stereocenters. The van der Waals surface area contributed by atoms with Gasteiger partial charge in [0.05, 0.1) is 26.2 Å². The lowest BCUT2D eigenvalue weighted by Crippen LogP contribution is -2.49. The Kier molecular flexibility index (Phi) is 14.2. The molecular weight excluding hydrogens is 434 g/mol. The number of nitrogens with zero attached hydrogens (tertiary/aromatic N) is 4. The van der Waals surface area contributed by atoms with Crippen molar-refractivity contribution in [1.82, 2.24) is 24.9 Å². The molecule has 0 aliphatic carbocycles. The van der Waals surface area contributed by atoms with Crippen LogP contribution in [0, 0.1) is 0 Å². The van der Waals surface area contributed by atoms with Crippen molar-refractivity contribution in [3.05, 3.63) is 0 Å². The number of hydrogen-bond donors (Lipinski definition) is 4. The second-order valence-electron chi connectivity index (χ2n) is 8.34. The Hall–Kier alpha value is -2.28. The highest BCUT2D eigenvalue weighted by atomic mass is 16.4. The van der Waals surface area contributed by atoms with Crippen LogP contribution in [0.3, 0.4) is 0 Å². The van der Waals surface area contributed by atoms with E-state index in [-0.39, 0.29) is 32.1 Å². The van der Waals surface area contributed by atoms with Crippen LogP contribution in [0.15, 0.2) is 0 Å². The number of aliphatic carboxylic acids is 3. The van der Waals surface area contributed by atoms with Crippen molar-refractivity contribution >= 4 is 23.8 Å². The summed E-state index contributed by atoms with van der Waals surface area (Å²) in [7, 11) is 0. The minimum Gasteiger partial charge on any atom is -0.480 e. The summed E-state index contributed by atoms with van der Waals surface area (Å²) < 4.78 is 0. The van der Waals surface area contributed by atoms with Crippen LogP contribution in [0.1, 0.15) is 26.2 Å². The Morgan fingerprint density at radius 3 is 1.24 bits per heavy atom. The van der Waals surface area contributed by atoms with Gasteiger partial charge in [0.15, 0.2) is 0 Å². The average molecular weight is 474 g/mol. The van der Waals surface area contributed by atoms with E-state index in [0.29, 0.717) is 58.9 Å². The van der Waals surface area contributed by atoms with E-state index in [9.17, 15) is 34.5 Å². The summed E-state index contributed by atoms with van der Waals surface area (Å²) in [6.07, 6.45) is 3.01. The van der Waals surface area contributed by atoms with Gasteiger partial charge in [0.25, 0.3) is 0 Å². The fourth-order valence-electron chi connectivity index (χ4n) is 3.65. The predicted molar refractivity (Wildman–Crippen MR) is 121 cm³/mol. The predicted octanol–water partition coefficient (Wildman–Crippen LogP) is -1.23. The number of carboxylic acid groups (broad SMARTS) is 3. The number of carboxylic acids is 3. The number of rotatable bonds is 12. The Balaban J connectivity index is 2.86. The van der Waals surface area contributed by atoms with Crippen LogP contribution in [0.4, 0.5) is 0 Å². The highest BCUT2D eigenvalue weighted by molar-refractivity contribution is 5.78. The lowest BCUT2D eigenvalue weighted by molar-refractivity contribution is -0.140. The molecule has 190 valence electrons. The van der Waals surface area contributed by atoms with Crippen LogP contribution in [0.2, 0.25) is 0 Å². The van der Waals surface area contributed by atoms with E-state index in [4.69, 9.17) is 0 Å². The van der Waals surface area contributed by atoms with Gasteiger partial charge in [-0.2, -0.15) is 0 Å². The molecule has 0 unspecified atom stereocenters. The van der Waals surface area contributed by atoms with Gasteiger partial charge in [-0.1, -0.05) is 19.8 Å². The van der Waals surface area contributed by atoms with Gasteiger partial charge in [-0.3, -0.25) is 38.8 Å². The summed E-state index contributed by atoms with van der Waals surface area (Å²) in [5, 5.41) is 30.6. The molecule has 12 heteroatoms. The minimum atomic E-state index is -0.993. The van der Waals surface area contributed by atoms with E-state index in [0.717, 1.165) is 19.3 Å². The molecule has 0 bridgehead atoms. The largest absolute Gasteiger partial charge is 0.480 e. The summed E-state index contributed by atoms with van der Waals surface area (Å²) >= 11 is 0. The van der Waals surface area contributed by atoms with Gasteiger partial charge in [-0.25, -0.2) is 0 Å². The Morgan fingerprint density at radius 2 is 0.939 bits per heavy atom. The summed E-state index contributed by atoms with van der Waals surface area (Å²) in [5.41, 5.74) is 0. The zero-order valence-corrected chi connectivity index (χ0v) is 19.6. The molecule has 1 heterocycles. The van der Waals surface area contributed by atoms with Crippen LogP contribution in [-0.2, 0) is 19.2 Å². The molecule has 1 aliphatic rings. The molecular formula is C21H39N5O7. The van der Waals surface area contributed by atoms with Crippen LogP contribution < -0.4 is 5.32 Å². The number of amides is 1. The number of carbonyl (C=O) groups excluding carboxylic acids is 1. The maximum atomic E-state index is 12.4. The Labute approximate surface area is 195 Å². The zero-order valence-electron chi connectivity index (χ0n) is 19.6. The molecule has 0 radical (unpaired) electrons. The van der Waals surface area contributed by atoms with Crippen molar-refractivity contribution < 1.29 is 34.5 Å². The summed E-state index contributed by atoms with van der Waals surface area (Å²) in [6, 6.07) is 0. The average Bonchev–Trinajstić information content (AvgIpc) is 2.72. The smallest absolute Gasteiger partial charge is 0.317 e. The van der Waals surface area contributed by atoms with Gasteiger partial charge in [-0.05, 0) is 6.42 Å². The first-order valence-corrected chi connectivity index (χ1v) is 11.5. The standard InChI is InChI=1S/C21H39N5O7/c1-2-3-4-5-22-18(27)14-23-6-8-24(15-19(28)29)10-12-26(17-21(32)33)13-11-25(9-7-23)16-20(30)31/h2-17H2,1H3,(H,22,27)(H,28,29)(H,30,31)(H,32,33). The van der Waals surface area contributed by atoms with E-state index in [1.807, 2.05) is 4.90 Å². The van der Waals surface area contributed by atoms with Crippen molar-refractivity contribution in [1.29, 1.82) is 0 Å². The van der Waals surface area contributed by atoms with Crippen molar-refractivity contribution in [2.24, 2.45) is 0 Å². The van der Waals surface area contributed by atoms with Gasteiger partial charge in [-0.15, -0.1) is 0 Å². The van der Waals surface area contributed by atoms with Gasteiger partial charge >= 0.3 is 17.9 Å². The lowest BCUT2D eigenvalue weighted by Gasteiger charge is -2.32. The molecule has 0 aromatic rings. The summed E-state index contributed by atoms with van der Waals surface area (Å²) in [4.78, 5) is 53.3. The number of hydrogen-bond acceptors (Lipinski definition) is 8. The van der Waals surface area contributed by atoms with Crippen molar-refractivity contribution in [3.63, 3.8) is 0 Å². The van der Waals surface area contributed by atoms with Crippen LogP contribution in [-0.4, -0.2) is 144 Å². The maximum absolute atomic E-state index is 12.4. The first-order valence-electron chi connectivity index (χ1n) is 11.5. The molecule has 1 aliphatic heterocycles. The van der Waals surface area contributed by atoms with E-state index >= 15 is 0 Å². The lowest BCUT2D eigenvalue weighted by atomic mass is 10.2. The third kappa shape index (κ3) is 14.5. The highest BCUT2D eigenvalue weighted by Crippen LogP contribution is 2.01. The first kappa shape index (κ1) is 28.8. The normalized spacial score (nSPS) is 18.2. The van der Waals surface area contributed by atoms with Gasteiger partial charge in [0.2, 0.25) is 5.91 Å². The van der Waals surface area contributed by atoms with Crippen LogP contribution in [0.5, 0.6) is 0 Å². The summed E-state index contributed by atoms with van der Waals surface area (Å²) in [6.45, 7) is 5.37. The SMILES string of the molecule is CCCCCNC(=O)CN1CCN(CC(=O)O)CCN(CC(=O)O)CCN(CC(=O)O)CC1. The molecule has 12 nitrogen and oxygen atoms in total. The first-order chi connectivity index (χ1) is 15.7. The maximum Gasteiger partial charge on any atom is 0.317 e. The Bertz CT molecular complexity index is 602. The van der Waals surface area contributed by atoms with Crippen molar-refractivity contribution in [3.8, 4) is 0 Å². The minimum absolute atomic E-state index is 0.111. The fraction of sp³-hybridized carbons (Fsp3) is 0.810. The fourth-order valence-corrected chi connectivity index (χ4v) is 3.65. The van der Waals surface area contributed by atoms with Crippen molar-refractivity contribution in [2.45, 2.75) is 26.2 Å². The van der Waals surface area contributed by atoms with Crippen molar-refractivity contribution in [2.75, 3.05) is 85.1 Å². The Morgan fingerprint density at radius 1 is 0.606 bits per heavy atom. The summed E-state index contributed by atoms with van der Waals surface area (Å²) in [5.74, 6) is -3.05.